The Morgan fingerprint density at radius 3 is 1.30 bits per heavy atom. The molecule has 0 aliphatic rings. The first-order chi connectivity index (χ1) is 29.8. The first-order valence-corrected chi connectivity index (χ1v) is 20.6. The molecule has 0 aliphatic carbocycles. The fourth-order valence-electron chi connectivity index (χ4n) is 8.96. The Labute approximate surface area is 350 Å². The van der Waals surface area contributed by atoms with E-state index < -0.39 is 0 Å². The van der Waals surface area contributed by atoms with Crippen LogP contribution < -0.4 is 4.90 Å². The minimum absolute atomic E-state index is 1.09. The SMILES string of the molecule is c1ccc(-c2ccc(N(c3ccc(-c4ccccc4)cc3)c3ccc(-c4ccccc4-n4c5cccc(-c6ccccc6)c5c5c6ccccc6ccc54)cc3)cc2)cc1. The zero-order valence-electron chi connectivity index (χ0n) is 33.0. The smallest absolute Gasteiger partial charge is 0.0548 e. The van der Waals surface area contributed by atoms with E-state index in [1.807, 2.05) is 0 Å². The molecule has 0 atom stereocenters. The summed E-state index contributed by atoms with van der Waals surface area (Å²) in [6.45, 7) is 0. The first kappa shape index (κ1) is 35.2. The molecule has 0 saturated heterocycles. The van der Waals surface area contributed by atoms with Gasteiger partial charge in [0.05, 0.1) is 16.7 Å². The van der Waals surface area contributed by atoms with Crippen molar-refractivity contribution in [3.63, 3.8) is 0 Å². The van der Waals surface area contributed by atoms with E-state index in [-0.39, 0.29) is 0 Å². The normalized spacial score (nSPS) is 11.3. The van der Waals surface area contributed by atoms with Crippen molar-refractivity contribution in [2.75, 3.05) is 4.90 Å². The van der Waals surface area contributed by atoms with E-state index in [2.05, 4.69) is 252 Å². The predicted octanol–water partition coefficient (Wildman–Crippen LogP) is 16.1. The van der Waals surface area contributed by atoms with E-state index in [0.717, 1.165) is 28.3 Å². The largest absolute Gasteiger partial charge is 0.311 e. The molecule has 0 bridgehead atoms. The Kier molecular flexibility index (Phi) is 8.87. The van der Waals surface area contributed by atoms with Gasteiger partial charge in [-0.3, -0.25) is 0 Å². The molecule has 11 rings (SSSR count). The second-order valence-corrected chi connectivity index (χ2v) is 15.3. The number of hydrogen-bond acceptors (Lipinski definition) is 1. The minimum Gasteiger partial charge on any atom is -0.311 e. The number of rotatable bonds is 8. The maximum absolute atomic E-state index is 2.47. The molecule has 0 unspecified atom stereocenters. The van der Waals surface area contributed by atoms with Gasteiger partial charge in [0.25, 0.3) is 0 Å². The molecular formula is C58H40N2. The first-order valence-electron chi connectivity index (χ1n) is 20.6. The van der Waals surface area contributed by atoms with Gasteiger partial charge in [0, 0.05) is 33.4 Å². The lowest BCUT2D eigenvalue weighted by Crippen LogP contribution is -2.09. The van der Waals surface area contributed by atoms with Crippen LogP contribution in [0.4, 0.5) is 17.1 Å². The molecule has 2 heteroatoms. The lowest BCUT2D eigenvalue weighted by Gasteiger charge is -2.26. The van der Waals surface area contributed by atoms with Crippen molar-refractivity contribution in [2.24, 2.45) is 0 Å². The number of aromatic nitrogens is 1. The third-order valence-corrected chi connectivity index (χ3v) is 11.8. The Bertz CT molecular complexity index is 3170. The second-order valence-electron chi connectivity index (χ2n) is 15.3. The summed E-state index contributed by atoms with van der Waals surface area (Å²) in [6.07, 6.45) is 0. The van der Waals surface area contributed by atoms with Crippen LogP contribution in [0.1, 0.15) is 0 Å². The Balaban J connectivity index is 1.04. The fourth-order valence-corrected chi connectivity index (χ4v) is 8.96. The van der Waals surface area contributed by atoms with Gasteiger partial charge in [-0.1, -0.05) is 188 Å². The van der Waals surface area contributed by atoms with Crippen molar-refractivity contribution in [2.45, 2.75) is 0 Å². The van der Waals surface area contributed by atoms with Crippen LogP contribution in [0.15, 0.2) is 243 Å². The molecule has 0 saturated carbocycles. The zero-order chi connectivity index (χ0) is 39.8. The van der Waals surface area contributed by atoms with Gasteiger partial charge >= 0.3 is 0 Å². The molecular weight excluding hydrogens is 725 g/mol. The molecule has 2 nitrogen and oxygen atoms in total. The van der Waals surface area contributed by atoms with Crippen molar-refractivity contribution in [3.05, 3.63) is 243 Å². The van der Waals surface area contributed by atoms with Gasteiger partial charge in [0.2, 0.25) is 0 Å². The molecule has 10 aromatic carbocycles. The number of nitrogens with zero attached hydrogens (tertiary/aromatic N) is 2. The average molecular weight is 765 g/mol. The topological polar surface area (TPSA) is 8.17 Å². The lowest BCUT2D eigenvalue weighted by molar-refractivity contribution is 1.18. The third-order valence-electron chi connectivity index (χ3n) is 11.8. The highest BCUT2D eigenvalue weighted by Crippen LogP contribution is 2.44. The fraction of sp³-hybridized carbons (Fsp3) is 0. The molecule has 1 aromatic heterocycles. The summed E-state index contributed by atoms with van der Waals surface area (Å²) in [5, 5.41) is 5.05. The maximum atomic E-state index is 2.47. The summed E-state index contributed by atoms with van der Waals surface area (Å²) in [5.41, 5.74) is 16.4. The van der Waals surface area contributed by atoms with Crippen LogP contribution in [0, 0.1) is 0 Å². The van der Waals surface area contributed by atoms with E-state index in [4.69, 9.17) is 0 Å². The minimum atomic E-state index is 1.09. The van der Waals surface area contributed by atoms with Gasteiger partial charge in [-0.2, -0.15) is 0 Å². The number of para-hydroxylation sites is 1. The monoisotopic (exact) mass is 764 g/mol. The molecule has 60 heavy (non-hydrogen) atoms. The molecule has 0 aliphatic heterocycles. The summed E-state index contributed by atoms with van der Waals surface area (Å²) in [5.74, 6) is 0. The molecule has 0 spiro atoms. The Morgan fingerprint density at radius 1 is 0.267 bits per heavy atom. The van der Waals surface area contributed by atoms with Crippen LogP contribution >= 0.6 is 0 Å². The predicted molar refractivity (Wildman–Crippen MR) is 255 cm³/mol. The van der Waals surface area contributed by atoms with Gasteiger partial charge in [-0.15, -0.1) is 0 Å². The molecule has 11 aromatic rings. The number of fused-ring (bicyclic) bond motifs is 5. The molecule has 1 heterocycles. The van der Waals surface area contributed by atoms with Crippen molar-refractivity contribution < 1.29 is 0 Å². The van der Waals surface area contributed by atoms with Crippen molar-refractivity contribution >= 4 is 49.6 Å². The number of hydrogen-bond donors (Lipinski definition) is 0. The van der Waals surface area contributed by atoms with Gasteiger partial charge < -0.3 is 9.47 Å². The van der Waals surface area contributed by atoms with E-state index in [9.17, 15) is 0 Å². The Morgan fingerprint density at radius 2 is 0.700 bits per heavy atom. The maximum Gasteiger partial charge on any atom is 0.0548 e. The van der Waals surface area contributed by atoms with Crippen LogP contribution in [-0.4, -0.2) is 4.57 Å². The molecule has 0 N–H and O–H groups in total. The summed E-state index contributed by atoms with van der Waals surface area (Å²) < 4.78 is 2.47. The van der Waals surface area contributed by atoms with Gasteiger partial charge in [0.1, 0.15) is 0 Å². The van der Waals surface area contributed by atoms with Gasteiger partial charge in [-0.25, -0.2) is 0 Å². The summed E-state index contributed by atoms with van der Waals surface area (Å²) >= 11 is 0. The van der Waals surface area contributed by atoms with E-state index in [1.54, 1.807) is 0 Å². The van der Waals surface area contributed by atoms with Crippen LogP contribution in [0.2, 0.25) is 0 Å². The summed E-state index contributed by atoms with van der Waals surface area (Å²) in [6, 6.07) is 87.7. The van der Waals surface area contributed by atoms with E-state index >= 15 is 0 Å². The summed E-state index contributed by atoms with van der Waals surface area (Å²) in [7, 11) is 0. The second kappa shape index (κ2) is 15.1. The van der Waals surface area contributed by atoms with Crippen molar-refractivity contribution in [3.8, 4) is 50.2 Å². The van der Waals surface area contributed by atoms with Crippen LogP contribution in [0.25, 0.3) is 82.8 Å². The summed E-state index contributed by atoms with van der Waals surface area (Å²) in [4.78, 5) is 2.35. The average Bonchev–Trinajstić information content (AvgIpc) is 3.68. The quantitative estimate of drug-likeness (QED) is 0.150. The highest BCUT2D eigenvalue weighted by Gasteiger charge is 2.21. The van der Waals surface area contributed by atoms with Crippen LogP contribution in [0.3, 0.4) is 0 Å². The van der Waals surface area contributed by atoms with Crippen LogP contribution in [-0.2, 0) is 0 Å². The lowest BCUT2D eigenvalue weighted by atomic mass is 9.97. The van der Waals surface area contributed by atoms with Crippen molar-refractivity contribution in [1.29, 1.82) is 0 Å². The highest BCUT2D eigenvalue weighted by atomic mass is 15.1. The van der Waals surface area contributed by atoms with Crippen molar-refractivity contribution in [1.82, 2.24) is 4.57 Å². The third kappa shape index (κ3) is 6.23. The van der Waals surface area contributed by atoms with Gasteiger partial charge in [-0.05, 0) is 104 Å². The standard InChI is InChI=1S/C58H40N2/c1-4-15-41(16-5-1)43-27-34-48(35-28-43)59(49-36-29-44(30-37-49)42-17-6-2-7-18-42)50-38-31-47(32-39-50)51-22-12-13-25-54(51)60-55-26-14-24-53(45-19-8-3-9-20-45)57(55)58-52-23-11-10-21-46(52)33-40-56(58)60/h1-40H. The Hall–Kier alpha value is -7.94. The number of anilines is 3. The molecule has 282 valence electrons. The molecule has 0 amide bonds. The molecule has 0 radical (unpaired) electrons. The highest BCUT2D eigenvalue weighted by molar-refractivity contribution is 6.25. The van der Waals surface area contributed by atoms with Gasteiger partial charge in [0.15, 0.2) is 0 Å². The van der Waals surface area contributed by atoms with Crippen LogP contribution in [0.5, 0.6) is 0 Å². The zero-order valence-corrected chi connectivity index (χ0v) is 33.0. The van der Waals surface area contributed by atoms with E-state index in [1.165, 1.54) is 71.5 Å². The van der Waals surface area contributed by atoms with E-state index in [0.29, 0.717) is 0 Å². The molecule has 0 fully saturated rings. The number of benzene rings is 10.